The quantitative estimate of drug-likeness (QED) is 0.511. The van der Waals surface area contributed by atoms with E-state index in [0.717, 1.165) is 30.2 Å². The SMILES string of the molecule is CCOC(=O)c1ccc(N2N=C(C)C3(Cc4ccccc4N4CCN(c5ccccn5)CC43)C2=O)cc1. The van der Waals surface area contributed by atoms with Crippen molar-refractivity contribution in [3.05, 3.63) is 84.1 Å². The van der Waals surface area contributed by atoms with Crippen LogP contribution >= 0.6 is 0 Å². The smallest absolute Gasteiger partial charge is 0.338 e. The van der Waals surface area contributed by atoms with Gasteiger partial charge in [0.2, 0.25) is 0 Å². The van der Waals surface area contributed by atoms with E-state index in [1.807, 2.05) is 37.4 Å². The lowest BCUT2D eigenvalue weighted by Gasteiger charge is -2.53. The molecule has 0 N–H and O–H groups in total. The Morgan fingerprint density at radius 1 is 1.05 bits per heavy atom. The predicted octanol–water partition coefficient (Wildman–Crippen LogP) is 3.92. The summed E-state index contributed by atoms with van der Waals surface area (Å²) in [5, 5.41) is 6.32. The molecule has 6 rings (SSSR count). The molecule has 2 unspecified atom stereocenters. The molecule has 37 heavy (non-hydrogen) atoms. The highest BCUT2D eigenvalue weighted by atomic mass is 16.5. The molecule has 1 amide bonds. The van der Waals surface area contributed by atoms with Gasteiger partial charge in [-0.3, -0.25) is 4.79 Å². The van der Waals surface area contributed by atoms with Gasteiger partial charge >= 0.3 is 5.97 Å². The van der Waals surface area contributed by atoms with E-state index < -0.39 is 5.41 Å². The highest BCUT2D eigenvalue weighted by Gasteiger charge is 2.60. The predicted molar refractivity (Wildman–Crippen MR) is 143 cm³/mol. The van der Waals surface area contributed by atoms with Crippen LogP contribution in [0.2, 0.25) is 0 Å². The first kappa shape index (κ1) is 23.2. The molecule has 0 aliphatic carbocycles. The molecule has 2 atom stereocenters. The highest BCUT2D eigenvalue weighted by molar-refractivity contribution is 6.20. The van der Waals surface area contributed by atoms with Gasteiger partial charge in [-0.2, -0.15) is 10.1 Å². The number of aromatic nitrogens is 1. The molecular weight excluding hydrogens is 466 g/mol. The van der Waals surface area contributed by atoms with Gasteiger partial charge in [0, 0.05) is 31.5 Å². The maximum absolute atomic E-state index is 14.4. The van der Waals surface area contributed by atoms with E-state index in [9.17, 15) is 9.59 Å². The number of carbonyl (C=O) groups excluding carboxylic acids is 2. The first-order valence-corrected chi connectivity index (χ1v) is 12.7. The molecule has 1 saturated heterocycles. The Morgan fingerprint density at radius 3 is 2.59 bits per heavy atom. The number of hydrazone groups is 1. The van der Waals surface area contributed by atoms with Crippen LogP contribution in [-0.4, -0.2) is 54.9 Å². The molecule has 1 fully saturated rings. The van der Waals surface area contributed by atoms with Crippen molar-refractivity contribution in [2.75, 3.05) is 41.0 Å². The second-order valence-electron chi connectivity index (χ2n) is 9.69. The largest absolute Gasteiger partial charge is 0.462 e. The Hall–Kier alpha value is -4.20. The Morgan fingerprint density at radius 2 is 1.84 bits per heavy atom. The summed E-state index contributed by atoms with van der Waals surface area (Å²) in [5.41, 5.74) is 3.44. The fourth-order valence-corrected chi connectivity index (χ4v) is 5.94. The number of piperazine rings is 1. The molecule has 1 aromatic heterocycles. The molecule has 4 heterocycles. The molecule has 2 aromatic carbocycles. The number of nitrogens with zero attached hydrogens (tertiary/aromatic N) is 5. The van der Waals surface area contributed by atoms with Gasteiger partial charge in [-0.05, 0) is 68.3 Å². The molecule has 8 heteroatoms. The van der Waals surface area contributed by atoms with Crippen LogP contribution in [0.1, 0.15) is 29.8 Å². The number of benzene rings is 2. The number of esters is 1. The van der Waals surface area contributed by atoms with E-state index in [2.05, 4.69) is 33.0 Å². The van der Waals surface area contributed by atoms with Gasteiger partial charge in [-0.25, -0.2) is 9.78 Å². The number of amides is 1. The molecule has 0 radical (unpaired) electrons. The minimum Gasteiger partial charge on any atom is -0.462 e. The van der Waals surface area contributed by atoms with Crippen molar-refractivity contribution >= 4 is 34.8 Å². The number of pyridine rings is 1. The normalized spacial score (nSPS) is 22.5. The summed E-state index contributed by atoms with van der Waals surface area (Å²) in [6.45, 7) is 6.33. The molecule has 0 bridgehead atoms. The van der Waals surface area contributed by atoms with Crippen molar-refractivity contribution in [2.24, 2.45) is 10.5 Å². The maximum Gasteiger partial charge on any atom is 0.338 e. The van der Waals surface area contributed by atoms with Crippen molar-refractivity contribution in [1.82, 2.24) is 4.98 Å². The third-order valence-electron chi connectivity index (χ3n) is 7.79. The summed E-state index contributed by atoms with van der Waals surface area (Å²) in [6.07, 6.45) is 2.40. The molecule has 3 aliphatic heterocycles. The second-order valence-corrected chi connectivity index (χ2v) is 9.69. The van der Waals surface area contributed by atoms with Gasteiger partial charge < -0.3 is 14.5 Å². The number of carbonyl (C=O) groups is 2. The summed E-state index contributed by atoms with van der Waals surface area (Å²) in [6, 6.07) is 21.1. The lowest BCUT2D eigenvalue weighted by Crippen LogP contribution is -2.67. The van der Waals surface area contributed by atoms with Crippen molar-refractivity contribution < 1.29 is 14.3 Å². The summed E-state index contributed by atoms with van der Waals surface area (Å²) < 4.78 is 5.10. The van der Waals surface area contributed by atoms with Crippen molar-refractivity contribution in [2.45, 2.75) is 26.3 Å². The molecule has 1 spiro atoms. The van der Waals surface area contributed by atoms with Crippen molar-refractivity contribution in [3.63, 3.8) is 0 Å². The van der Waals surface area contributed by atoms with Gasteiger partial charge in [-0.15, -0.1) is 0 Å². The third kappa shape index (κ3) is 3.66. The van der Waals surface area contributed by atoms with E-state index >= 15 is 0 Å². The first-order chi connectivity index (χ1) is 18.0. The number of rotatable bonds is 4. The average molecular weight is 496 g/mol. The molecule has 0 saturated carbocycles. The number of para-hydroxylation sites is 1. The Kier molecular flexibility index (Phi) is 5.67. The number of hydrogen-bond donors (Lipinski definition) is 0. The Bertz CT molecular complexity index is 1370. The maximum atomic E-state index is 14.4. The number of anilines is 3. The zero-order valence-electron chi connectivity index (χ0n) is 21.0. The fourth-order valence-electron chi connectivity index (χ4n) is 5.94. The zero-order valence-corrected chi connectivity index (χ0v) is 21.0. The van der Waals surface area contributed by atoms with Crippen LogP contribution in [0.3, 0.4) is 0 Å². The van der Waals surface area contributed by atoms with Crippen LogP contribution in [0.5, 0.6) is 0 Å². The average Bonchev–Trinajstić information content (AvgIpc) is 3.19. The first-order valence-electron chi connectivity index (χ1n) is 12.7. The molecule has 3 aliphatic rings. The van der Waals surface area contributed by atoms with E-state index in [1.54, 1.807) is 31.2 Å². The summed E-state index contributed by atoms with van der Waals surface area (Å²) >= 11 is 0. The van der Waals surface area contributed by atoms with E-state index in [1.165, 1.54) is 10.7 Å². The molecular formula is C29H29N5O3. The van der Waals surface area contributed by atoms with E-state index in [4.69, 9.17) is 9.84 Å². The summed E-state index contributed by atoms with van der Waals surface area (Å²) in [7, 11) is 0. The molecule has 8 nitrogen and oxygen atoms in total. The zero-order chi connectivity index (χ0) is 25.6. The van der Waals surface area contributed by atoms with Gasteiger partial charge in [0.1, 0.15) is 11.2 Å². The Labute approximate surface area is 216 Å². The van der Waals surface area contributed by atoms with Crippen LogP contribution in [0, 0.1) is 5.41 Å². The number of hydrogen-bond acceptors (Lipinski definition) is 7. The number of ether oxygens (including phenoxy) is 1. The highest BCUT2D eigenvalue weighted by Crippen LogP contribution is 2.48. The van der Waals surface area contributed by atoms with Gasteiger partial charge in [0.05, 0.1) is 29.6 Å². The fraction of sp³-hybridized carbons (Fsp3) is 0.310. The summed E-state index contributed by atoms with van der Waals surface area (Å²) in [5.74, 6) is 0.498. The van der Waals surface area contributed by atoms with E-state index in [0.29, 0.717) is 30.8 Å². The standard InChI is InChI=1S/C29H29N5O3/c1-3-37-27(35)21-11-13-23(14-12-21)34-28(36)29(20(2)31-34)18-22-8-4-5-9-24(22)33-17-16-32(19-25(29)33)26-10-6-7-15-30-26/h4-15,25H,3,16-19H2,1-2H3. The van der Waals surface area contributed by atoms with Crippen LogP contribution in [0.4, 0.5) is 17.2 Å². The lowest BCUT2D eigenvalue weighted by molar-refractivity contribution is -0.125. The molecule has 3 aromatic rings. The number of fused-ring (bicyclic) bond motifs is 4. The van der Waals surface area contributed by atoms with Crippen LogP contribution in [0.25, 0.3) is 0 Å². The van der Waals surface area contributed by atoms with Crippen LogP contribution in [-0.2, 0) is 16.0 Å². The monoisotopic (exact) mass is 495 g/mol. The lowest BCUT2D eigenvalue weighted by atomic mass is 9.67. The topological polar surface area (TPSA) is 78.3 Å². The van der Waals surface area contributed by atoms with Gasteiger partial charge in [0.15, 0.2) is 0 Å². The molecule has 188 valence electrons. The Balaban J connectivity index is 1.38. The van der Waals surface area contributed by atoms with E-state index in [-0.39, 0.29) is 17.9 Å². The van der Waals surface area contributed by atoms with Crippen LogP contribution in [0.15, 0.2) is 78.0 Å². The minimum absolute atomic E-state index is 0.0405. The van der Waals surface area contributed by atoms with Crippen molar-refractivity contribution in [3.8, 4) is 0 Å². The van der Waals surface area contributed by atoms with Crippen molar-refractivity contribution in [1.29, 1.82) is 0 Å². The minimum atomic E-state index is -0.804. The summed E-state index contributed by atoms with van der Waals surface area (Å²) in [4.78, 5) is 35.7. The van der Waals surface area contributed by atoms with Crippen LogP contribution < -0.4 is 14.8 Å². The van der Waals surface area contributed by atoms with Gasteiger partial charge in [0.25, 0.3) is 5.91 Å². The second kappa shape index (κ2) is 9.03. The van der Waals surface area contributed by atoms with Gasteiger partial charge in [-0.1, -0.05) is 24.3 Å². The third-order valence-corrected chi connectivity index (χ3v) is 7.79.